The first-order chi connectivity index (χ1) is 16.4. The smallest absolute Gasteiger partial charge is 0.207 e. The van der Waals surface area contributed by atoms with E-state index in [9.17, 15) is 8.42 Å². The van der Waals surface area contributed by atoms with E-state index in [2.05, 4.69) is 32.9 Å². The lowest BCUT2D eigenvalue weighted by Gasteiger charge is -2.39. The fourth-order valence-electron chi connectivity index (χ4n) is 4.04. The summed E-state index contributed by atoms with van der Waals surface area (Å²) in [5.74, 6) is 0.432. The molecule has 3 nitrogen and oxygen atoms in total. The first-order valence-corrected chi connectivity index (χ1v) is 15.5. The van der Waals surface area contributed by atoms with Gasteiger partial charge in [0, 0.05) is 14.7 Å². The van der Waals surface area contributed by atoms with E-state index < -0.39 is 20.4 Å². The number of unbranched alkanes of at least 4 members (excludes halogenated alkanes) is 5. The first kappa shape index (κ1) is 26.5. The molecule has 3 rings (SSSR count). The van der Waals surface area contributed by atoms with Gasteiger partial charge in [-0.25, -0.2) is 3.63 Å². The van der Waals surface area contributed by atoms with Crippen LogP contribution in [0.5, 0.6) is 0 Å². The fourth-order valence-corrected chi connectivity index (χ4v) is 9.48. The zero-order valence-electron chi connectivity index (χ0n) is 20.7. The lowest BCUT2D eigenvalue weighted by Crippen LogP contribution is -2.17. The van der Waals surface area contributed by atoms with Gasteiger partial charge in [-0.05, 0) is 64.6 Å². The Balaban J connectivity index is 2.04. The predicted molar refractivity (Wildman–Crippen MR) is 144 cm³/mol. The Morgan fingerprint density at radius 3 is 1.62 bits per heavy atom. The van der Waals surface area contributed by atoms with E-state index >= 15 is 0 Å². The highest BCUT2D eigenvalue weighted by atomic mass is 32.3. The van der Waals surface area contributed by atoms with Crippen molar-refractivity contribution in [2.45, 2.75) is 79.9 Å². The molecule has 5 heteroatoms. The summed E-state index contributed by atoms with van der Waals surface area (Å²) < 4.78 is 33.2. The van der Waals surface area contributed by atoms with Crippen molar-refractivity contribution in [2.24, 2.45) is 0 Å². The number of hydrogen-bond acceptors (Lipinski definition) is 3. The Hall–Kier alpha value is -2.08. The van der Waals surface area contributed by atoms with Gasteiger partial charge in [-0.3, -0.25) is 0 Å². The number of rotatable bonds is 13. The second-order valence-electron chi connectivity index (χ2n) is 9.00. The van der Waals surface area contributed by atoms with Gasteiger partial charge >= 0.3 is 0 Å². The monoisotopic (exact) mass is 498 g/mol. The third-order valence-corrected chi connectivity index (χ3v) is 11.2. The molecule has 3 aromatic rings. The molecule has 0 atom stereocenters. The maximum Gasteiger partial charge on any atom is 0.277 e. The molecule has 0 aliphatic rings. The van der Waals surface area contributed by atoms with Crippen molar-refractivity contribution in [1.82, 2.24) is 0 Å². The van der Waals surface area contributed by atoms with Gasteiger partial charge in [-0.15, -0.1) is 0 Å². The summed E-state index contributed by atoms with van der Waals surface area (Å²) in [7, 11) is -6.24. The molecule has 0 bridgehead atoms. The van der Waals surface area contributed by atoms with Crippen molar-refractivity contribution in [1.29, 1.82) is 0 Å². The lowest BCUT2D eigenvalue weighted by molar-refractivity contribution is 0.503. The Morgan fingerprint density at radius 1 is 0.647 bits per heavy atom. The van der Waals surface area contributed by atoms with Crippen molar-refractivity contribution < 1.29 is 12.0 Å². The SMILES string of the molecule is CCCCCCCCS(=O)(=O)OS(c1ccccc1)(c1ccccc1)c1ccc(C(C)C)cc1. The molecule has 0 saturated heterocycles. The Morgan fingerprint density at radius 2 is 1.12 bits per heavy atom. The maximum atomic E-state index is 13.4. The van der Waals surface area contributed by atoms with Crippen molar-refractivity contribution in [3.05, 3.63) is 90.5 Å². The van der Waals surface area contributed by atoms with Gasteiger partial charge in [0.05, 0.1) is 5.75 Å². The summed E-state index contributed by atoms with van der Waals surface area (Å²) >= 11 is 0. The largest absolute Gasteiger partial charge is 0.277 e. The van der Waals surface area contributed by atoms with Crippen LogP contribution >= 0.6 is 10.3 Å². The van der Waals surface area contributed by atoms with E-state index in [1.54, 1.807) is 0 Å². The van der Waals surface area contributed by atoms with Gasteiger partial charge in [-0.2, -0.15) is 8.42 Å². The Kier molecular flexibility index (Phi) is 9.81. The molecule has 0 fully saturated rings. The van der Waals surface area contributed by atoms with Crippen LogP contribution in [0, 0.1) is 0 Å². The van der Waals surface area contributed by atoms with Crippen molar-refractivity contribution >= 4 is 20.4 Å². The van der Waals surface area contributed by atoms with Crippen LogP contribution in [0.15, 0.2) is 99.6 Å². The summed E-state index contributed by atoms with van der Waals surface area (Å²) in [5.41, 5.74) is 1.22. The normalized spacial score (nSPS) is 12.7. The zero-order chi connectivity index (χ0) is 24.4. The van der Waals surface area contributed by atoms with Gasteiger partial charge in [0.25, 0.3) is 10.1 Å². The molecule has 0 N–H and O–H groups in total. The Bertz CT molecular complexity index is 1050. The summed E-state index contributed by atoms with van der Waals surface area (Å²) in [6, 6.07) is 27.9. The van der Waals surface area contributed by atoms with Crippen LogP contribution in [0.4, 0.5) is 0 Å². The van der Waals surface area contributed by atoms with Gasteiger partial charge in [0.1, 0.15) is 0 Å². The zero-order valence-corrected chi connectivity index (χ0v) is 22.3. The van der Waals surface area contributed by atoms with E-state index in [1.165, 1.54) is 18.4 Å². The van der Waals surface area contributed by atoms with Gasteiger partial charge < -0.3 is 0 Å². The minimum absolute atomic E-state index is 0.0393. The molecule has 0 amide bonds. The topological polar surface area (TPSA) is 43.4 Å². The van der Waals surface area contributed by atoms with E-state index in [-0.39, 0.29) is 5.75 Å². The molecule has 3 aromatic carbocycles. The van der Waals surface area contributed by atoms with E-state index in [4.69, 9.17) is 3.63 Å². The molecular formula is C29H38O3S2. The van der Waals surface area contributed by atoms with Gasteiger partial charge in [-0.1, -0.05) is 101 Å². The summed E-state index contributed by atoms with van der Waals surface area (Å²) in [6.45, 7) is 6.50. The molecule has 34 heavy (non-hydrogen) atoms. The molecule has 0 radical (unpaired) electrons. The van der Waals surface area contributed by atoms with E-state index in [1.807, 2.05) is 72.8 Å². The molecule has 0 heterocycles. The number of hydrogen-bond donors (Lipinski definition) is 0. The van der Waals surface area contributed by atoms with E-state index in [0.29, 0.717) is 12.3 Å². The highest BCUT2D eigenvalue weighted by Crippen LogP contribution is 2.69. The minimum Gasteiger partial charge on any atom is -0.207 e. The van der Waals surface area contributed by atoms with Gasteiger partial charge in [0.15, 0.2) is 0 Å². The van der Waals surface area contributed by atoms with Crippen LogP contribution in [0.2, 0.25) is 0 Å². The van der Waals surface area contributed by atoms with Crippen LogP contribution in [0.25, 0.3) is 0 Å². The summed E-state index contributed by atoms with van der Waals surface area (Å²) in [5, 5.41) is 0. The van der Waals surface area contributed by atoms with Crippen LogP contribution in [0.1, 0.15) is 70.8 Å². The predicted octanol–water partition coefficient (Wildman–Crippen LogP) is 8.71. The lowest BCUT2D eigenvalue weighted by atomic mass is 10.0. The first-order valence-electron chi connectivity index (χ1n) is 12.4. The van der Waals surface area contributed by atoms with E-state index in [0.717, 1.165) is 33.9 Å². The minimum atomic E-state index is -3.77. The van der Waals surface area contributed by atoms with Crippen LogP contribution in [0.3, 0.4) is 0 Å². The quantitative estimate of drug-likeness (QED) is 0.221. The summed E-state index contributed by atoms with van der Waals surface area (Å²) in [6.07, 6.45) is 6.13. The third-order valence-electron chi connectivity index (χ3n) is 5.98. The van der Waals surface area contributed by atoms with Crippen molar-refractivity contribution in [3.63, 3.8) is 0 Å². The molecule has 0 spiro atoms. The second-order valence-corrected chi connectivity index (χ2v) is 13.6. The van der Waals surface area contributed by atoms with Crippen LogP contribution in [-0.4, -0.2) is 14.2 Å². The number of benzene rings is 3. The molecule has 0 aliphatic carbocycles. The van der Waals surface area contributed by atoms with Gasteiger partial charge in [0.2, 0.25) is 0 Å². The van der Waals surface area contributed by atoms with Crippen molar-refractivity contribution in [2.75, 3.05) is 5.75 Å². The molecule has 0 aromatic heterocycles. The highest BCUT2D eigenvalue weighted by molar-refractivity contribution is 8.33. The molecule has 0 aliphatic heterocycles. The molecule has 184 valence electrons. The Labute approximate surface area is 208 Å². The average Bonchev–Trinajstić information content (AvgIpc) is 2.86. The molecule has 0 unspecified atom stereocenters. The van der Waals surface area contributed by atoms with Crippen LogP contribution in [-0.2, 0) is 13.7 Å². The van der Waals surface area contributed by atoms with Crippen LogP contribution < -0.4 is 0 Å². The average molecular weight is 499 g/mol. The van der Waals surface area contributed by atoms with Crippen molar-refractivity contribution in [3.8, 4) is 0 Å². The maximum absolute atomic E-state index is 13.4. The standard InChI is InChI=1S/C29H38O3S2/c1-4-5-6-7-8-15-24-33(30,31)32-34(27-16-11-9-12-17-27,28-18-13-10-14-19-28)29-22-20-26(21-23-29)25(2)3/h9-14,16-23,25H,4-8,15,24H2,1-3H3. The molecule has 0 saturated carbocycles. The fraction of sp³-hybridized carbons (Fsp3) is 0.379. The second kappa shape index (κ2) is 12.6. The highest BCUT2D eigenvalue weighted by Gasteiger charge is 2.37. The molecular weight excluding hydrogens is 460 g/mol. The summed E-state index contributed by atoms with van der Waals surface area (Å²) in [4.78, 5) is 2.65. The third kappa shape index (κ3) is 6.74.